The second-order valence-corrected chi connectivity index (χ2v) is 8.47. The number of benzene rings is 1. The monoisotopic (exact) mass is 496 g/mol. The Morgan fingerprint density at radius 2 is 1.61 bits per heavy atom. The molecule has 1 heterocycles. The molecule has 31 heavy (non-hydrogen) atoms. The lowest BCUT2D eigenvalue weighted by Gasteiger charge is -2.34. The number of alkyl halides is 6. The first-order valence-corrected chi connectivity index (χ1v) is 10.5. The minimum Gasteiger partial charge on any atom is -0.426 e. The van der Waals surface area contributed by atoms with E-state index in [1.807, 2.05) is 0 Å². The first-order chi connectivity index (χ1) is 14.3. The molecule has 0 aromatic heterocycles. The van der Waals surface area contributed by atoms with Gasteiger partial charge >= 0.3 is 18.4 Å². The van der Waals surface area contributed by atoms with E-state index in [0.29, 0.717) is 10.6 Å². The van der Waals surface area contributed by atoms with Crippen LogP contribution in [0.15, 0.2) is 24.3 Å². The zero-order chi connectivity index (χ0) is 23.4. The number of amides is 1. The molecule has 0 bridgehead atoms. The third-order valence-electron chi connectivity index (χ3n) is 4.66. The normalized spacial score (nSPS) is 16.4. The number of piperidine rings is 1. The van der Waals surface area contributed by atoms with E-state index in [2.05, 4.69) is 4.74 Å². The number of nitrogens with zero attached hydrogens (tertiary/aromatic N) is 2. The minimum atomic E-state index is -5.78. The van der Waals surface area contributed by atoms with Crippen LogP contribution in [-0.4, -0.2) is 61.8 Å². The van der Waals surface area contributed by atoms with Gasteiger partial charge in [0, 0.05) is 31.2 Å². The number of hydrogen-bond acceptors (Lipinski definition) is 4. The molecule has 1 fully saturated rings. The van der Waals surface area contributed by atoms with Crippen molar-refractivity contribution in [3.05, 3.63) is 34.9 Å². The topological polar surface area (TPSA) is 66.9 Å². The summed E-state index contributed by atoms with van der Waals surface area (Å²) in [6.45, 7) is -0.137. The lowest BCUT2D eigenvalue weighted by Crippen LogP contribution is -2.49. The van der Waals surface area contributed by atoms with Crippen LogP contribution in [-0.2, 0) is 22.2 Å². The zero-order valence-corrected chi connectivity index (χ0v) is 17.5. The van der Waals surface area contributed by atoms with E-state index in [9.17, 15) is 39.6 Å². The van der Waals surface area contributed by atoms with Gasteiger partial charge in [0.1, 0.15) is 0 Å². The van der Waals surface area contributed by atoms with Gasteiger partial charge < -0.3 is 9.64 Å². The third-order valence-corrected chi connectivity index (χ3v) is 5.68. The van der Waals surface area contributed by atoms with Gasteiger partial charge in [-0.1, -0.05) is 23.7 Å². The van der Waals surface area contributed by atoms with Crippen LogP contribution < -0.4 is 0 Å². The Hall–Kier alpha value is -1.73. The summed E-state index contributed by atoms with van der Waals surface area (Å²) in [7, 11) is -2.94. The largest absolute Gasteiger partial charge is 0.434 e. The number of likely N-dealkylation sites (tertiary alicyclic amines) is 1. The van der Waals surface area contributed by atoms with Gasteiger partial charge in [-0.15, -0.1) is 0 Å². The van der Waals surface area contributed by atoms with Crippen molar-refractivity contribution >= 4 is 28.6 Å². The molecule has 6 nitrogen and oxygen atoms in total. The Labute approximate surface area is 180 Å². The molecule has 2 rings (SSSR count). The van der Waals surface area contributed by atoms with Crippen molar-refractivity contribution in [2.24, 2.45) is 5.92 Å². The maximum atomic E-state index is 12.5. The van der Waals surface area contributed by atoms with Crippen LogP contribution in [0.4, 0.5) is 31.1 Å². The quantitative estimate of drug-likeness (QED) is 0.477. The molecule has 1 amide bonds. The lowest BCUT2D eigenvalue weighted by molar-refractivity contribution is -0.308. The SMILES string of the molecule is O=C(OC(C(F)(F)F)C(F)(F)F)N1CCC(CN(Cc2ccc(Cl)cc2)[SH](=O)=O)CC1. The van der Waals surface area contributed by atoms with Gasteiger partial charge in [-0.25, -0.2) is 13.2 Å². The highest BCUT2D eigenvalue weighted by Gasteiger charge is 2.60. The highest BCUT2D eigenvalue weighted by atomic mass is 35.5. The molecule has 176 valence electrons. The maximum Gasteiger partial charge on any atom is 0.434 e. The average Bonchev–Trinajstić information content (AvgIpc) is 2.65. The zero-order valence-electron chi connectivity index (χ0n) is 15.8. The number of ether oxygens (including phenoxy) is 1. The molecule has 1 aliphatic heterocycles. The number of halogens is 7. The van der Waals surface area contributed by atoms with Crippen molar-refractivity contribution in [1.29, 1.82) is 0 Å². The number of hydrogen-bond donors (Lipinski definition) is 1. The van der Waals surface area contributed by atoms with Crippen LogP contribution in [0.3, 0.4) is 0 Å². The van der Waals surface area contributed by atoms with Crippen LogP contribution in [0, 0.1) is 5.92 Å². The summed E-state index contributed by atoms with van der Waals surface area (Å²) in [5.74, 6) is -0.231. The fourth-order valence-corrected chi connectivity index (χ4v) is 3.85. The van der Waals surface area contributed by atoms with Crippen LogP contribution in [0.1, 0.15) is 18.4 Å². The van der Waals surface area contributed by atoms with Gasteiger partial charge in [-0.2, -0.15) is 30.6 Å². The Kier molecular flexibility index (Phi) is 8.45. The van der Waals surface area contributed by atoms with Crippen LogP contribution in [0.5, 0.6) is 0 Å². The van der Waals surface area contributed by atoms with E-state index in [1.165, 1.54) is 4.31 Å². The van der Waals surface area contributed by atoms with E-state index < -0.39 is 35.4 Å². The van der Waals surface area contributed by atoms with Gasteiger partial charge in [0.05, 0.1) is 0 Å². The van der Waals surface area contributed by atoms with Crippen LogP contribution in [0.2, 0.25) is 5.02 Å². The van der Waals surface area contributed by atoms with Crippen molar-refractivity contribution < 1.29 is 44.3 Å². The van der Waals surface area contributed by atoms with Crippen molar-refractivity contribution in [3.8, 4) is 0 Å². The second kappa shape index (κ2) is 10.3. The summed E-state index contributed by atoms with van der Waals surface area (Å²) < 4.78 is 103. The standard InChI is InChI=1S/C17H19ClF6N2O4S/c18-13-3-1-11(2-4-13)9-26(31(28)29)10-12-5-7-25(8-6-12)15(27)30-14(16(19,20)21)17(22,23)24/h1-4,12,14,31H,5-10H2. The highest BCUT2D eigenvalue weighted by Crippen LogP contribution is 2.36. The lowest BCUT2D eigenvalue weighted by atomic mass is 9.97. The number of thiol groups is 1. The average molecular weight is 497 g/mol. The van der Waals surface area contributed by atoms with Gasteiger partial charge in [-0.05, 0) is 36.5 Å². The molecule has 0 atom stereocenters. The first kappa shape index (κ1) is 25.5. The molecule has 0 aliphatic carbocycles. The Morgan fingerprint density at radius 1 is 1.10 bits per heavy atom. The van der Waals surface area contributed by atoms with E-state index in [4.69, 9.17) is 11.6 Å². The van der Waals surface area contributed by atoms with E-state index >= 15 is 0 Å². The molecular formula is C17H19ClF6N2O4S. The summed E-state index contributed by atoms with van der Waals surface area (Å²) >= 11 is 5.79. The van der Waals surface area contributed by atoms with Crippen molar-refractivity contribution in [3.63, 3.8) is 0 Å². The third kappa shape index (κ3) is 7.72. The molecule has 0 N–H and O–H groups in total. The van der Waals surface area contributed by atoms with Crippen molar-refractivity contribution in [2.45, 2.75) is 37.8 Å². The molecule has 0 spiro atoms. The summed E-state index contributed by atoms with van der Waals surface area (Å²) in [6, 6.07) is 6.52. The van der Waals surface area contributed by atoms with Gasteiger partial charge in [0.15, 0.2) is 0 Å². The first-order valence-electron chi connectivity index (χ1n) is 9.00. The van der Waals surface area contributed by atoms with Crippen molar-refractivity contribution in [1.82, 2.24) is 9.21 Å². The number of rotatable bonds is 6. The fraction of sp³-hybridized carbons (Fsp3) is 0.588. The smallest absolute Gasteiger partial charge is 0.426 e. The maximum absolute atomic E-state index is 12.5. The highest BCUT2D eigenvalue weighted by molar-refractivity contribution is 7.69. The predicted octanol–water partition coefficient (Wildman–Crippen LogP) is 4.01. The van der Waals surface area contributed by atoms with Crippen LogP contribution >= 0.6 is 11.6 Å². The van der Waals surface area contributed by atoms with E-state index in [-0.39, 0.29) is 44.9 Å². The number of carbonyl (C=O) groups is 1. The molecule has 1 saturated heterocycles. The molecule has 0 unspecified atom stereocenters. The molecule has 1 aromatic carbocycles. The molecule has 14 heteroatoms. The summed E-state index contributed by atoms with van der Waals surface area (Å²) in [6.07, 6.45) is -17.1. The molecule has 0 saturated carbocycles. The molecule has 1 aliphatic rings. The van der Waals surface area contributed by atoms with Gasteiger partial charge in [0.25, 0.3) is 6.10 Å². The van der Waals surface area contributed by atoms with Crippen molar-refractivity contribution in [2.75, 3.05) is 19.6 Å². The summed E-state index contributed by atoms with van der Waals surface area (Å²) in [5.41, 5.74) is 0.690. The summed E-state index contributed by atoms with van der Waals surface area (Å²) in [4.78, 5) is 12.5. The molecule has 1 aromatic rings. The summed E-state index contributed by atoms with van der Waals surface area (Å²) in [5, 5.41) is 0.486. The molecular weight excluding hydrogens is 478 g/mol. The Balaban J connectivity index is 1.91. The fourth-order valence-electron chi connectivity index (χ4n) is 3.08. The second-order valence-electron chi connectivity index (χ2n) is 6.99. The molecule has 0 radical (unpaired) electrons. The Bertz CT molecular complexity index is 801. The van der Waals surface area contributed by atoms with Gasteiger partial charge in [-0.3, -0.25) is 0 Å². The van der Waals surface area contributed by atoms with Crippen LogP contribution in [0.25, 0.3) is 0 Å². The van der Waals surface area contributed by atoms with Gasteiger partial charge in [0.2, 0.25) is 10.9 Å². The minimum absolute atomic E-state index is 0.0803. The van der Waals surface area contributed by atoms with E-state index in [0.717, 1.165) is 4.90 Å². The predicted molar refractivity (Wildman–Crippen MR) is 98.9 cm³/mol. The number of carbonyl (C=O) groups excluding carboxylic acids is 1. The Morgan fingerprint density at radius 3 is 2.06 bits per heavy atom. The van der Waals surface area contributed by atoms with E-state index in [1.54, 1.807) is 24.3 Å².